The first-order chi connectivity index (χ1) is 7.64. The van der Waals surface area contributed by atoms with Gasteiger partial charge in [-0.15, -0.1) is 0 Å². The second kappa shape index (κ2) is 7.05. The van der Waals surface area contributed by atoms with Gasteiger partial charge in [-0.25, -0.2) is 0 Å². The quantitative estimate of drug-likeness (QED) is 0.514. The molecule has 0 fully saturated rings. The summed E-state index contributed by atoms with van der Waals surface area (Å²) >= 11 is 0. The average molecular weight is 227 g/mol. The maximum Gasteiger partial charge on any atom is 0.0689 e. The third-order valence-corrected chi connectivity index (χ3v) is 2.97. The molecule has 94 valence electrons. The smallest absolute Gasteiger partial charge is 0.0689 e. The van der Waals surface area contributed by atoms with Crippen LogP contribution in [0.15, 0.2) is 11.6 Å². The molecular formula is C13H25NO2. The van der Waals surface area contributed by atoms with Crippen molar-refractivity contribution in [2.75, 3.05) is 32.9 Å². The summed E-state index contributed by atoms with van der Waals surface area (Å²) in [7, 11) is 0. The van der Waals surface area contributed by atoms with Gasteiger partial charge < -0.3 is 15.2 Å². The molecule has 0 aromatic rings. The Labute approximate surface area is 98.9 Å². The molecule has 0 amide bonds. The maximum absolute atomic E-state index is 9.11. The van der Waals surface area contributed by atoms with Crippen LogP contribution in [0.5, 0.6) is 0 Å². The van der Waals surface area contributed by atoms with Crippen molar-refractivity contribution in [3.63, 3.8) is 0 Å². The predicted molar refractivity (Wildman–Crippen MR) is 66.5 cm³/mol. The molecule has 0 saturated carbocycles. The lowest BCUT2D eigenvalue weighted by atomic mass is 9.89. The van der Waals surface area contributed by atoms with Gasteiger partial charge in [-0.05, 0) is 36.8 Å². The van der Waals surface area contributed by atoms with Crippen molar-refractivity contribution in [2.45, 2.75) is 33.1 Å². The summed E-state index contributed by atoms with van der Waals surface area (Å²) in [5.41, 5.74) is 1.43. The van der Waals surface area contributed by atoms with E-state index in [2.05, 4.69) is 25.2 Å². The lowest BCUT2D eigenvalue weighted by Crippen LogP contribution is -2.24. The van der Waals surface area contributed by atoms with Crippen LogP contribution in [0.25, 0.3) is 0 Å². The number of nitrogens with one attached hydrogen (secondary N) is 1. The van der Waals surface area contributed by atoms with Crippen LogP contribution in [-0.4, -0.2) is 38.0 Å². The second-order valence-corrected chi connectivity index (χ2v) is 5.31. The molecule has 3 nitrogen and oxygen atoms in total. The molecule has 0 aromatic carbocycles. The SMILES string of the molecule is CC(C)(CO)CCCNCC1=CCCOC1. The number of rotatable bonds is 7. The van der Waals surface area contributed by atoms with Crippen molar-refractivity contribution >= 4 is 0 Å². The van der Waals surface area contributed by atoms with E-state index in [1.165, 1.54) is 5.57 Å². The lowest BCUT2D eigenvalue weighted by Gasteiger charge is -2.21. The Kier molecular flexibility index (Phi) is 6.03. The van der Waals surface area contributed by atoms with Crippen molar-refractivity contribution < 1.29 is 9.84 Å². The molecule has 1 heterocycles. The summed E-state index contributed by atoms with van der Waals surface area (Å²) in [6.07, 6.45) is 5.50. The monoisotopic (exact) mass is 227 g/mol. The normalized spacial score (nSPS) is 17.3. The third kappa shape index (κ3) is 5.64. The van der Waals surface area contributed by atoms with Crippen LogP contribution >= 0.6 is 0 Å². The van der Waals surface area contributed by atoms with E-state index < -0.39 is 0 Å². The van der Waals surface area contributed by atoms with E-state index in [9.17, 15) is 0 Å². The standard InChI is InChI=1S/C13H25NO2/c1-13(2,11-15)6-4-7-14-9-12-5-3-8-16-10-12/h5,14-15H,3-4,6-11H2,1-2H3. The highest BCUT2D eigenvalue weighted by Crippen LogP contribution is 2.20. The molecule has 1 rings (SSSR count). The van der Waals surface area contributed by atoms with Crippen molar-refractivity contribution in [3.8, 4) is 0 Å². The molecule has 1 aliphatic rings. The summed E-state index contributed by atoms with van der Waals surface area (Å²) in [4.78, 5) is 0. The molecular weight excluding hydrogens is 202 g/mol. The zero-order valence-electron chi connectivity index (χ0n) is 10.6. The highest BCUT2D eigenvalue weighted by molar-refractivity contribution is 5.06. The van der Waals surface area contributed by atoms with E-state index in [1.54, 1.807) is 0 Å². The largest absolute Gasteiger partial charge is 0.396 e. The summed E-state index contributed by atoms with van der Waals surface area (Å²) in [5, 5.41) is 12.5. The molecule has 0 radical (unpaired) electrons. The Morgan fingerprint density at radius 2 is 2.31 bits per heavy atom. The fourth-order valence-corrected chi connectivity index (χ4v) is 1.75. The zero-order chi connectivity index (χ0) is 11.9. The van der Waals surface area contributed by atoms with Gasteiger partial charge in [0.1, 0.15) is 0 Å². The van der Waals surface area contributed by atoms with Gasteiger partial charge in [-0.2, -0.15) is 0 Å². The van der Waals surface area contributed by atoms with Crippen LogP contribution in [0.1, 0.15) is 33.1 Å². The highest BCUT2D eigenvalue weighted by Gasteiger charge is 2.15. The minimum absolute atomic E-state index is 0.0644. The van der Waals surface area contributed by atoms with Crippen molar-refractivity contribution in [1.29, 1.82) is 0 Å². The van der Waals surface area contributed by atoms with E-state index in [-0.39, 0.29) is 12.0 Å². The Morgan fingerprint density at radius 1 is 1.50 bits per heavy atom. The molecule has 0 unspecified atom stereocenters. The molecule has 3 heteroatoms. The molecule has 0 saturated heterocycles. The highest BCUT2D eigenvalue weighted by atomic mass is 16.5. The Balaban J connectivity index is 2.01. The molecule has 0 atom stereocenters. The average Bonchev–Trinajstić information content (AvgIpc) is 2.30. The number of hydrogen-bond donors (Lipinski definition) is 2. The zero-order valence-corrected chi connectivity index (χ0v) is 10.6. The first-order valence-corrected chi connectivity index (χ1v) is 6.21. The third-order valence-electron chi connectivity index (χ3n) is 2.97. The first kappa shape index (κ1) is 13.7. The van der Waals surface area contributed by atoms with Crippen LogP contribution < -0.4 is 5.32 Å². The van der Waals surface area contributed by atoms with Gasteiger partial charge in [0.2, 0.25) is 0 Å². The van der Waals surface area contributed by atoms with Gasteiger partial charge in [0.15, 0.2) is 0 Å². The topological polar surface area (TPSA) is 41.5 Å². The molecule has 0 aliphatic carbocycles. The number of ether oxygens (including phenoxy) is 1. The van der Waals surface area contributed by atoms with Gasteiger partial charge >= 0.3 is 0 Å². The summed E-state index contributed by atoms with van der Waals surface area (Å²) < 4.78 is 5.37. The van der Waals surface area contributed by atoms with Crippen LogP contribution in [0.4, 0.5) is 0 Å². The van der Waals surface area contributed by atoms with Crippen LogP contribution in [0.3, 0.4) is 0 Å². The van der Waals surface area contributed by atoms with Crippen LogP contribution in [0, 0.1) is 5.41 Å². The summed E-state index contributed by atoms with van der Waals surface area (Å²) in [6, 6.07) is 0. The van der Waals surface area contributed by atoms with Crippen molar-refractivity contribution in [1.82, 2.24) is 5.32 Å². The second-order valence-electron chi connectivity index (χ2n) is 5.31. The molecule has 2 N–H and O–H groups in total. The number of aliphatic hydroxyl groups is 1. The predicted octanol–water partition coefficient (Wildman–Crippen LogP) is 1.72. The minimum Gasteiger partial charge on any atom is -0.396 e. The van der Waals surface area contributed by atoms with Gasteiger partial charge in [0.25, 0.3) is 0 Å². The molecule has 0 aromatic heterocycles. The lowest BCUT2D eigenvalue weighted by molar-refractivity contribution is 0.146. The Bertz CT molecular complexity index is 224. The minimum atomic E-state index is 0.0644. The van der Waals surface area contributed by atoms with E-state index in [0.29, 0.717) is 0 Å². The van der Waals surface area contributed by atoms with Gasteiger partial charge in [0, 0.05) is 13.2 Å². The number of hydrogen-bond acceptors (Lipinski definition) is 3. The van der Waals surface area contributed by atoms with E-state index >= 15 is 0 Å². The molecule has 0 bridgehead atoms. The van der Waals surface area contributed by atoms with Gasteiger partial charge in [-0.1, -0.05) is 19.9 Å². The van der Waals surface area contributed by atoms with Gasteiger partial charge in [0.05, 0.1) is 13.2 Å². The van der Waals surface area contributed by atoms with E-state index in [4.69, 9.17) is 9.84 Å². The van der Waals surface area contributed by atoms with E-state index in [0.717, 1.165) is 45.6 Å². The Hall–Kier alpha value is -0.380. The van der Waals surface area contributed by atoms with Crippen molar-refractivity contribution in [2.24, 2.45) is 5.41 Å². The van der Waals surface area contributed by atoms with E-state index in [1.807, 2.05) is 0 Å². The van der Waals surface area contributed by atoms with Crippen molar-refractivity contribution in [3.05, 3.63) is 11.6 Å². The molecule has 1 aliphatic heterocycles. The summed E-state index contributed by atoms with van der Waals surface area (Å²) in [5.74, 6) is 0. The fourth-order valence-electron chi connectivity index (χ4n) is 1.75. The Morgan fingerprint density at radius 3 is 2.94 bits per heavy atom. The first-order valence-electron chi connectivity index (χ1n) is 6.21. The van der Waals surface area contributed by atoms with Crippen LogP contribution in [0.2, 0.25) is 0 Å². The fraction of sp³-hybridized carbons (Fsp3) is 0.846. The number of aliphatic hydroxyl groups excluding tert-OH is 1. The molecule has 16 heavy (non-hydrogen) atoms. The van der Waals surface area contributed by atoms with Crippen LogP contribution in [-0.2, 0) is 4.74 Å². The van der Waals surface area contributed by atoms with Gasteiger partial charge in [-0.3, -0.25) is 0 Å². The molecule has 0 spiro atoms. The summed E-state index contributed by atoms with van der Waals surface area (Å²) in [6.45, 7) is 8.09. The maximum atomic E-state index is 9.11.